The van der Waals surface area contributed by atoms with Crippen LogP contribution in [0.5, 0.6) is 0 Å². The fourth-order valence-corrected chi connectivity index (χ4v) is 3.42. The Balaban J connectivity index is 2.25. The zero-order valence-electron chi connectivity index (χ0n) is 12.9. The highest BCUT2D eigenvalue weighted by atomic mass is 32.2. The number of hydrogen-bond acceptors (Lipinski definition) is 3. The van der Waals surface area contributed by atoms with Crippen molar-refractivity contribution in [3.63, 3.8) is 0 Å². The highest BCUT2D eigenvalue weighted by Gasteiger charge is 2.14. The van der Waals surface area contributed by atoms with Gasteiger partial charge in [-0.1, -0.05) is 42.0 Å². The summed E-state index contributed by atoms with van der Waals surface area (Å²) in [5.74, 6) is -0.197. The van der Waals surface area contributed by atoms with E-state index in [1.807, 2.05) is 25.1 Å². The van der Waals surface area contributed by atoms with E-state index < -0.39 is 10.0 Å². The number of rotatable bonds is 5. The summed E-state index contributed by atoms with van der Waals surface area (Å²) in [4.78, 5) is 11.4. The molecule has 1 N–H and O–H groups in total. The third kappa shape index (κ3) is 4.18. The Hall–Kier alpha value is -2.14. The third-order valence-electron chi connectivity index (χ3n) is 3.35. The van der Waals surface area contributed by atoms with Crippen LogP contribution in [-0.2, 0) is 15.8 Å². The van der Waals surface area contributed by atoms with Gasteiger partial charge in [-0.2, -0.15) is 0 Å². The maximum absolute atomic E-state index is 12.3. The fourth-order valence-electron chi connectivity index (χ4n) is 2.18. The van der Waals surface area contributed by atoms with Crippen LogP contribution >= 0.6 is 0 Å². The molecular weight excluding hydrogens is 298 g/mol. The van der Waals surface area contributed by atoms with E-state index >= 15 is 0 Å². The van der Waals surface area contributed by atoms with Gasteiger partial charge in [0, 0.05) is 5.56 Å². The minimum absolute atomic E-state index is 0.0980. The molecule has 0 aliphatic carbocycles. The number of benzene rings is 2. The zero-order chi connectivity index (χ0) is 16.3. The van der Waals surface area contributed by atoms with Gasteiger partial charge in [-0.3, -0.25) is 9.52 Å². The van der Waals surface area contributed by atoms with Crippen LogP contribution in [0.4, 0.5) is 5.69 Å². The van der Waals surface area contributed by atoms with E-state index in [0.29, 0.717) is 11.3 Å². The Kier molecular flexibility index (Phi) is 4.66. The molecule has 0 fully saturated rings. The first-order chi connectivity index (χ1) is 10.3. The van der Waals surface area contributed by atoms with E-state index in [0.717, 1.165) is 16.7 Å². The van der Waals surface area contributed by atoms with E-state index in [2.05, 4.69) is 4.72 Å². The average Bonchev–Trinajstić information content (AvgIpc) is 2.40. The smallest absolute Gasteiger partial charge is 0.236 e. The maximum Gasteiger partial charge on any atom is 0.236 e. The van der Waals surface area contributed by atoms with Crippen LogP contribution in [0.3, 0.4) is 0 Å². The zero-order valence-corrected chi connectivity index (χ0v) is 13.7. The molecule has 4 nitrogen and oxygen atoms in total. The molecule has 22 heavy (non-hydrogen) atoms. The van der Waals surface area contributed by atoms with E-state index in [1.165, 1.54) is 6.92 Å². The lowest BCUT2D eigenvalue weighted by Gasteiger charge is -2.12. The first kappa shape index (κ1) is 16.2. The molecule has 5 heteroatoms. The van der Waals surface area contributed by atoms with Crippen molar-refractivity contribution < 1.29 is 13.2 Å². The number of Topliss-reactive ketones (excluding diaryl/α,β-unsaturated/α-hetero) is 1. The Morgan fingerprint density at radius 3 is 2.45 bits per heavy atom. The number of sulfonamides is 1. The van der Waals surface area contributed by atoms with E-state index in [-0.39, 0.29) is 11.5 Å². The van der Waals surface area contributed by atoms with Gasteiger partial charge in [0.1, 0.15) is 0 Å². The van der Waals surface area contributed by atoms with Crippen molar-refractivity contribution in [1.29, 1.82) is 0 Å². The molecular formula is C17H19NO3S. The highest BCUT2D eigenvalue weighted by molar-refractivity contribution is 7.91. The van der Waals surface area contributed by atoms with Gasteiger partial charge in [0.2, 0.25) is 10.0 Å². The van der Waals surface area contributed by atoms with Crippen LogP contribution < -0.4 is 4.72 Å². The van der Waals surface area contributed by atoms with Crippen LogP contribution in [0.1, 0.15) is 34.0 Å². The molecule has 0 spiro atoms. The Morgan fingerprint density at radius 2 is 1.82 bits per heavy atom. The van der Waals surface area contributed by atoms with Crippen LogP contribution in [0.2, 0.25) is 0 Å². The maximum atomic E-state index is 12.3. The van der Waals surface area contributed by atoms with Gasteiger partial charge in [0.15, 0.2) is 5.78 Å². The summed E-state index contributed by atoms with van der Waals surface area (Å²) in [5.41, 5.74) is 3.45. The van der Waals surface area contributed by atoms with Crippen LogP contribution in [0.15, 0.2) is 42.5 Å². The lowest BCUT2D eigenvalue weighted by atomic mass is 10.1. The molecule has 0 atom stereocenters. The van der Waals surface area contributed by atoms with Crippen molar-refractivity contribution >= 4 is 21.5 Å². The molecule has 2 aromatic rings. The van der Waals surface area contributed by atoms with Crippen molar-refractivity contribution in [2.24, 2.45) is 0 Å². The predicted octanol–water partition coefficient (Wildman–Crippen LogP) is 3.45. The van der Waals surface area contributed by atoms with Crippen LogP contribution in [0, 0.1) is 13.8 Å². The lowest BCUT2D eigenvalue weighted by molar-refractivity contribution is 0.101. The topological polar surface area (TPSA) is 63.2 Å². The summed E-state index contributed by atoms with van der Waals surface area (Å²) < 4.78 is 27.2. The number of ketones is 1. The summed E-state index contributed by atoms with van der Waals surface area (Å²) in [7, 11) is -3.53. The first-order valence-electron chi connectivity index (χ1n) is 6.94. The second-order valence-electron chi connectivity index (χ2n) is 5.44. The lowest BCUT2D eigenvalue weighted by Crippen LogP contribution is -2.16. The van der Waals surface area contributed by atoms with Crippen LogP contribution in [0.25, 0.3) is 0 Å². The molecule has 0 bridgehead atoms. The monoisotopic (exact) mass is 317 g/mol. The molecule has 0 aliphatic heterocycles. The quantitative estimate of drug-likeness (QED) is 0.859. The number of carbonyl (C=O) groups is 1. The first-order valence-corrected chi connectivity index (χ1v) is 8.60. The van der Waals surface area contributed by atoms with E-state index in [9.17, 15) is 13.2 Å². The minimum Gasteiger partial charge on any atom is -0.295 e. The molecule has 0 heterocycles. The van der Waals surface area contributed by atoms with Gasteiger partial charge < -0.3 is 0 Å². The van der Waals surface area contributed by atoms with Crippen molar-refractivity contribution in [2.45, 2.75) is 26.5 Å². The van der Waals surface area contributed by atoms with E-state index in [1.54, 1.807) is 31.2 Å². The normalized spacial score (nSPS) is 11.2. The highest BCUT2D eigenvalue weighted by Crippen LogP contribution is 2.20. The second kappa shape index (κ2) is 6.32. The van der Waals surface area contributed by atoms with Crippen molar-refractivity contribution in [2.75, 3.05) is 4.72 Å². The van der Waals surface area contributed by atoms with Crippen molar-refractivity contribution in [3.8, 4) is 0 Å². The Labute approximate surface area is 131 Å². The van der Waals surface area contributed by atoms with Gasteiger partial charge >= 0.3 is 0 Å². The van der Waals surface area contributed by atoms with Gasteiger partial charge in [-0.05, 0) is 38.0 Å². The molecule has 0 radical (unpaired) electrons. The molecule has 0 aliphatic rings. The Bertz CT molecular complexity index is 810. The second-order valence-corrected chi connectivity index (χ2v) is 7.16. The fraction of sp³-hybridized carbons (Fsp3) is 0.235. The summed E-state index contributed by atoms with van der Waals surface area (Å²) in [6, 6.07) is 12.4. The van der Waals surface area contributed by atoms with Gasteiger partial charge in [-0.25, -0.2) is 8.42 Å². The Morgan fingerprint density at radius 1 is 1.09 bits per heavy atom. The van der Waals surface area contributed by atoms with E-state index in [4.69, 9.17) is 0 Å². The summed E-state index contributed by atoms with van der Waals surface area (Å²) in [6.45, 7) is 5.17. The molecule has 0 amide bonds. The summed E-state index contributed by atoms with van der Waals surface area (Å²) in [5, 5.41) is 0. The number of anilines is 1. The standard InChI is InChI=1S/C17H19NO3S/c1-12-5-4-6-15(9-12)11-22(20,21)18-17-10-16(14(3)19)8-7-13(17)2/h4-10,18H,11H2,1-3H3. The minimum atomic E-state index is -3.53. The van der Waals surface area contributed by atoms with Gasteiger partial charge in [0.25, 0.3) is 0 Å². The number of carbonyl (C=O) groups excluding carboxylic acids is 1. The van der Waals surface area contributed by atoms with Crippen LogP contribution in [-0.4, -0.2) is 14.2 Å². The van der Waals surface area contributed by atoms with Crippen molar-refractivity contribution in [1.82, 2.24) is 0 Å². The average molecular weight is 317 g/mol. The predicted molar refractivity (Wildman–Crippen MR) is 88.6 cm³/mol. The molecule has 0 saturated carbocycles. The number of nitrogens with one attached hydrogen (secondary N) is 1. The SMILES string of the molecule is CC(=O)c1ccc(C)c(NS(=O)(=O)Cc2cccc(C)c2)c1. The molecule has 116 valence electrons. The number of aryl methyl sites for hydroxylation is 2. The molecule has 2 aromatic carbocycles. The summed E-state index contributed by atoms with van der Waals surface area (Å²) >= 11 is 0. The molecule has 0 unspecified atom stereocenters. The number of hydrogen-bond donors (Lipinski definition) is 1. The molecule has 2 rings (SSSR count). The van der Waals surface area contributed by atoms with Crippen molar-refractivity contribution in [3.05, 3.63) is 64.7 Å². The molecule has 0 saturated heterocycles. The van der Waals surface area contributed by atoms with Gasteiger partial charge in [-0.15, -0.1) is 0 Å². The van der Waals surface area contributed by atoms with Gasteiger partial charge in [0.05, 0.1) is 11.4 Å². The summed E-state index contributed by atoms with van der Waals surface area (Å²) in [6.07, 6.45) is 0. The third-order valence-corrected chi connectivity index (χ3v) is 4.59. The largest absolute Gasteiger partial charge is 0.295 e. The molecule has 0 aromatic heterocycles.